The van der Waals surface area contributed by atoms with Crippen LogP contribution in [0, 0.1) is 6.92 Å². The zero-order valence-corrected chi connectivity index (χ0v) is 13.3. The second-order valence-corrected chi connectivity index (χ2v) is 6.94. The molecule has 0 N–H and O–H groups in total. The van der Waals surface area contributed by atoms with Crippen LogP contribution in [0.15, 0.2) is 12.3 Å². The summed E-state index contributed by atoms with van der Waals surface area (Å²) in [5, 5.41) is 5.81. The van der Waals surface area contributed by atoms with Crippen LogP contribution in [-0.4, -0.2) is 39.3 Å². The van der Waals surface area contributed by atoms with Crippen molar-refractivity contribution in [2.75, 3.05) is 13.6 Å². The molecule has 2 aromatic rings. The Balaban J connectivity index is 1.86. The van der Waals surface area contributed by atoms with Gasteiger partial charge in [0.2, 0.25) is 0 Å². The van der Waals surface area contributed by atoms with Gasteiger partial charge in [-0.15, -0.1) is 0 Å². The smallest absolute Gasteiger partial charge is 0.0865 e. The van der Waals surface area contributed by atoms with Crippen molar-refractivity contribution in [3.63, 3.8) is 0 Å². The zero-order chi connectivity index (χ0) is 14.6. The summed E-state index contributed by atoms with van der Waals surface area (Å²) in [5.41, 5.74) is 3.85. The molecule has 2 aromatic heterocycles. The molecule has 2 fully saturated rings. The minimum Gasteiger partial charge on any atom is -0.302 e. The summed E-state index contributed by atoms with van der Waals surface area (Å²) in [6.45, 7) is 3.30. The summed E-state index contributed by atoms with van der Waals surface area (Å²) in [6, 6.07) is 3.00. The van der Waals surface area contributed by atoms with Gasteiger partial charge in [0.05, 0.1) is 17.4 Å². The van der Waals surface area contributed by atoms with Crippen LogP contribution in [-0.2, 0) is 12.5 Å². The topological polar surface area (TPSA) is 34.0 Å². The van der Waals surface area contributed by atoms with Gasteiger partial charge in [-0.1, -0.05) is 12.8 Å². The van der Waals surface area contributed by atoms with Crippen molar-refractivity contribution in [2.24, 2.45) is 7.05 Å². The molecule has 2 atom stereocenters. The molecule has 1 saturated heterocycles. The summed E-state index contributed by atoms with van der Waals surface area (Å²) >= 11 is 0. The Bertz CT molecular complexity index is 685. The highest BCUT2D eigenvalue weighted by molar-refractivity contribution is 5.81. The fourth-order valence-corrected chi connectivity index (χ4v) is 4.71. The van der Waals surface area contributed by atoms with E-state index in [-0.39, 0.29) is 5.41 Å². The normalized spacial score (nSPS) is 30.0. The van der Waals surface area contributed by atoms with E-state index in [1.807, 2.05) is 17.9 Å². The van der Waals surface area contributed by atoms with Gasteiger partial charge in [0, 0.05) is 29.6 Å². The summed E-state index contributed by atoms with van der Waals surface area (Å²) < 4.78 is 1.94. The number of rotatable bonds is 1. The van der Waals surface area contributed by atoms with Crippen molar-refractivity contribution in [1.82, 2.24) is 19.7 Å². The highest BCUT2D eigenvalue weighted by Crippen LogP contribution is 2.48. The van der Waals surface area contributed by atoms with Gasteiger partial charge in [-0.2, -0.15) is 5.10 Å². The highest BCUT2D eigenvalue weighted by atomic mass is 15.3. The lowest BCUT2D eigenvalue weighted by Crippen LogP contribution is -2.44. The van der Waals surface area contributed by atoms with Crippen molar-refractivity contribution in [3.05, 3.63) is 23.7 Å². The van der Waals surface area contributed by atoms with Crippen LogP contribution in [0.25, 0.3) is 10.9 Å². The molecule has 0 spiro atoms. The Hall–Kier alpha value is -1.42. The zero-order valence-electron chi connectivity index (χ0n) is 13.3. The predicted octanol–water partition coefficient (Wildman–Crippen LogP) is 2.79. The number of hydrogen-bond acceptors (Lipinski definition) is 3. The number of likely N-dealkylation sites (tertiary alicyclic amines) is 1. The van der Waals surface area contributed by atoms with Gasteiger partial charge in [0.25, 0.3) is 0 Å². The molecular weight excluding hydrogens is 260 g/mol. The van der Waals surface area contributed by atoms with E-state index in [9.17, 15) is 0 Å². The third-order valence-corrected chi connectivity index (χ3v) is 5.86. The Labute approximate surface area is 126 Å². The third-order valence-electron chi connectivity index (χ3n) is 5.86. The van der Waals surface area contributed by atoms with E-state index < -0.39 is 0 Å². The van der Waals surface area contributed by atoms with Crippen molar-refractivity contribution >= 4 is 10.9 Å². The van der Waals surface area contributed by atoms with Crippen molar-refractivity contribution in [1.29, 1.82) is 0 Å². The lowest BCUT2D eigenvalue weighted by atomic mass is 9.68. The van der Waals surface area contributed by atoms with Gasteiger partial charge in [0.1, 0.15) is 0 Å². The molecular formula is C17H24N4. The molecule has 4 nitrogen and oxygen atoms in total. The second-order valence-electron chi connectivity index (χ2n) is 6.94. The SMILES string of the molecule is Cc1nn(C)c2cnc(C34CCCCC3N(C)CC4)cc12. The standard InChI is InChI=1S/C17H24N4/c1-12-13-10-15(18-11-14(13)21(3)19-12)17-7-5-4-6-16(17)20(2)9-8-17/h10-11,16H,4-9H2,1-3H3. The van der Waals surface area contributed by atoms with Gasteiger partial charge in [-0.05, 0) is 45.8 Å². The molecule has 2 aliphatic rings. The molecule has 2 unspecified atom stereocenters. The van der Waals surface area contributed by atoms with Crippen LogP contribution in [0.4, 0.5) is 0 Å². The maximum Gasteiger partial charge on any atom is 0.0865 e. The first kappa shape index (κ1) is 13.3. The van der Waals surface area contributed by atoms with E-state index in [0.717, 1.165) is 11.2 Å². The Kier molecular flexibility index (Phi) is 2.86. The third kappa shape index (κ3) is 1.78. The monoisotopic (exact) mass is 284 g/mol. The van der Waals surface area contributed by atoms with Crippen molar-refractivity contribution in [3.8, 4) is 0 Å². The average molecular weight is 284 g/mol. The lowest BCUT2D eigenvalue weighted by Gasteiger charge is -2.40. The van der Waals surface area contributed by atoms with Gasteiger partial charge >= 0.3 is 0 Å². The van der Waals surface area contributed by atoms with E-state index in [2.05, 4.69) is 30.0 Å². The van der Waals surface area contributed by atoms with Crippen LogP contribution < -0.4 is 0 Å². The van der Waals surface area contributed by atoms with Crippen LogP contribution in [0.1, 0.15) is 43.5 Å². The molecule has 4 rings (SSSR count). The van der Waals surface area contributed by atoms with Gasteiger partial charge < -0.3 is 4.90 Å². The molecule has 1 saturated carbocycles. The molecule has 0 amide bonds. The molecule has 21 heavy (non-hydrogen) atoms. The van der Waals surface area contributed by atoms with Crippen molar-refractivity contribution < 1.29 is 0 Å². The van der Waals surface area contributed by atoms with E-state index in [4.69, 9.17) is 4.98 Å². The van der Waals surface area contributed by atoms with E-state index >= 15 is 0 Å². The van der Waals surface area contributed by atoms with Crippen molar-refractivity contribution in [2.45, 2.75) is 50.5 Å². The first-order valence-electron chi connectivity index (χ1n) is 8.12. The van der Waals surface area contributed by atoms with Crippen LogP contribution in [0.2, 0.25) is 0 Å². The van der Waals surface area contributed by atoms with E-state index in [0.29, 0.717) is 6.04 Å². The first-order valence-corrected chi connectivity index (χ1v) is 8.12. The van der Waals surface area contributed by atoms with E-state index in [1.54, 1.807) is 0 Å². The average Bonchev–Trinajstić information content (AvgIpc) is 2.99. The lowest BCUT2D eigenvalue weighted by molar-refractivity contribution is 0.178. The number of aryl methyl sites for hydroxylation is 2. The molecule has 1 aliphatic heterocycles. The van der Waals surface area contributed by atoms with E-state index in [1.165, 1.54) is 49.7 Å². The van der Waals surface area contributed by atoms with Gasteiger partial charge in [0.15, 0.2) is 0 Å². The molecule has 3 heterocycles. The number of likely N-dealkylation sites (N-methyl/N-ethyl adjacent to an activating group) is 1. The fraction of sp³-hybridized carbons (Fsp3) is 0.647. The number of nitrogens with zero attached hydrogens (tertiary/aromatic N) is 4. The minimum absolute atomic E-state index is 0.281. The van der Waals surface area contributed by atoms with Crippen LogP contribution in [0.3, 0.4) is 0 Å². The largest absolute Gasteiger partial charge is 0.302 e. The number of fused-ring (bicyclic) bond motifs is 2. The number of hydrogen-bond donors (Lipinski definition) is 0. The molecule has 1 aliphatic carbocycles. The molecule has 0 aromatic carbocycles. The van der Waals surface area contributed by atoms with Gasteiger partial charge in [-0.3, -0.25) is 9.67 Å². The maximum atomic E-state index is 4.89. The van der Waals surface area contributed by atoms with Crippen LogP contribution in [0.5, 0.6) is 0 Å². The summed E-state index contributed by atoms with van der Waals surface area (Å²) in [6.07, 6.45) is 8.61. The maximum absolute atomic E-state index is 4.89. The number of aromatic nitrogens is 3. The minimum atomic E-state index is 0.281. The second kappa shape index (κ2) is 4.54. The number of pyridine rings is 1. The molecule has 4 heteroatoms. The fourth-order valence-electron chi connectivity index (χ4n) is 4.71. The molecule has 112 valence electrons. The Morgan fingerprint density at radius 2 is 2.10 bits per heavy atom. The molecule has 0 radical (unpaired) electrons. The summed E-state index contributed by atoms with van der Waals surface area (Å²) in [5.74, 6) is 0. The predicted molar refractivity (Wildman–Crippen MR) is 84.4 cm³/mol. The Morgan fingerprint density at radius 3 is 2.95 bits per heavy atom. The van der Waals surface area contributed by atoms with Gasteiger partial charge in [-0.25, -0.2) is 0 Å². The first-order chi connectivity index (χ1) is 10.1. The summed E-state index contributed by atoms with van der Waals surface area (Å²) in [7, 11) is 4.29. The highest BCUT2D eigenvalue weighted by Gasteiger charge is 2.49. The molecule has 0 bridgehead atoms. The Morgan fingerprint density at radius 1 is 1.24 bits per heavy atom. The summed E-state index contributed by atoms with van der Waals surface area (Å²) in [4.78, 5) is 7.44. The van der Waals surface area contributed by atoms with Crippen LogP contribution >= 0.6 is 0 Å². The quantitative estimate of drug-likeness (QED) is 0.807.